The summed E-state index contributed by atoms with van der Waals surface area (Å²) in [6.45, 7) is 5.40. The number of pyridine rings is 1. The first-order valence-corrected chi connectivity index (χ1v) is 5.78. The Balaban J connectivity index is 3.12. The lowest BCUT2D eigenvalue weighted by Crippen LogP contribution is -2.05. The van der Waals surface area contributed by atoms with E-state index in [1.807, 2.05) is 6.92 Å². The van der Waals surface area contributed by atoms with E-state index in [4.69, 9.17) is 5.11 Å². The van der Waals surface area contributed by atoms with E-state index in [0.717, 1.165) is 11.3 Å². The Morgan fingerprint density at radius 3 is 2.81 bits per heavy atom. The molecule has 0 aromatic carbocycles. The highest BCUT2D eigenvalue weighted by Crippen LogP contribution is 2.23. The van der Waals surface area contributed by atoms with Gasteiger partial charge in [-0.05, 0) is 32.4 Å². The fourth-order valence-electron chi connectivity index (χ4n) is 1.34. The summed E-state index contributed by atoms with van der Waals surface area (Å²) in [7, 11) is 0. The second-order valence-electron chi connectivity index (χ2n) is 3.28. The Bertz CT molecular complexity index is 472. The third-order valence-electron chi connectivity index (χ3n) is 1.98. The molecule has 1 N–H and O–H groups in total. The summed E-state index contributed by atoms with van der Waals surface area (Å²) in [5.41, 5.74) is 1.86. The molecular weight excluding hydrogens is 222 g/mol. The zero-order valence-electron chi connectivity index (χ0n) is 9.50. The van der Waals surface area contributed by atoms with Crippen molar-refractivity contribution >= 4 is 17.7 Å². The second kappa shape index (κ2) is 5.57. The fraction of sp³-hybridized carbons (Fsp3) is 0.333. The molecule has 0 bridgehead atoms. The van der Waals surface area contributed by atoms with E-state index >= 15 is 0 Å². The molecule has 0 amide bonds. The summed E-state index contributed by atoms with van der Waals surface area (Å²) in [5, 5.41) is 9.65. The second-order valence-corrected chi connectivity index (χ2v) is 4.25. The Kier molecular flexibility index (Phi) is 4.39. The van der Waals surface area contributed by atoms with E-state index in [2.05, 4.69) is 16.8 Å². The zero-order chi connectivity index (χ0) is 12.1. The van der Waals surface area contributed by atoms with Crippen LogP contribution in [0.2, 0.25) is 0 Å². The van der Waals surface area contributed by atoms with E-state index in [-0.39, 0.29) is 5.56 Å². The molecule has 0 saturated carbocycles. The zero-order valence-corrected chi connectivity index (χ0v) is 10.3. The number of aromatic nitrogens is 1. The first-order chi connectivity index (χ1) is 7.56. The highest BCUT2D eigenvalue weighted by atomic mass is 32.2. The molecule has 4 heteroatoms. The molecule has 0 aliphatic rings. The third-order valence-corrected chi connectivity index (χ3v) is 2.84. The van der Waals surface area contributed by atoms with Crippen molar-refractivity contribution in [1.29, 1.82) is 0 Å². The number of aromatic carboxylic acids is 1. The molecule has 1 heterocycles. The number of carbonyl (C=O) groups is 1. The SMILES string of the molecule is CC#CCSc1nc(C)cc(C)c1C(=O)O. The molecule has 0 unspecified atom stereocenters. The molecule has 16 heavy (non-hydrogen) atoms. The van der Waals surface area contributed by atoms with Gasteiger partial charge in [0.25, 0.3) is 0 Å². The van der Waals surface area contributed by atoms with Crippen molar-refractivity contribution in [1.82, 2.24) is 4.98 Å². The number of rotatable bonds is 3. The third kappa shape index (κ3) is 3.01. The quantitative estimate of drug-likeness (QED) is 0.646. The van der Waals surface area contributed by atoms with Gasteiger partial charge in [-0.3, -0.25) is 0 Å². The first kappa shape index (κ1) is 12.6. The molecule has 0 aliphatic carbocycles. The van der Waals surface area contributed by atoms with Crippen LogP contribution < -0.4 is 0 Å². The number of hydrogen-bond donors (Lipinski definition) is 1. The van der Waals surface area contributed by atoms with Crippen molar-refractivity contribution in [3.63, 3.8) is 0 Å². The van der Waals surface area contributed by atoms with Gasteiger partial charge in [0.05, 0.1) is 11.3 Å². The van der Waals surface area contributed by atoms with Crippen LogP contribution in [0, 0.1) is 25.7 Å². The predicted octanol–water partition coefficient (Wildman–Crippen LogP) is 2.51. The van der Waals surface area contributed by atoms with E-state index in [1.54, 1.807) is 19.9 Å². The maximum Gasteiger partial charge on any atom is 0.338 e. The van der Waals surface area contributed by atoms with Crippen LogP contribution in [0.5, 0.6) is 0 Å². The Labute approximate surface area is 99.3 Å². The van der Waals surface area contributed by atoms with Gasteiger partial charge in [0.2, 0.25) is 0 Å². The van der Waals surface area contributed by atoms with Crippen molar-refractivity contribution in [2.45, 2.75) is 25.8 Å². The molecule has 0 aliphatic heterocycles. The Hall–Kier alpha value is -1.47. The highest BCUT2D eigenvalue weighted by molar-refractivity contribution is 7.99. The molecule has 0 atom stereocenters. The maximum absolute atomic E-state index is 11.1. The van der Waals surface area contributed by atoms with Gasteiger partial charge >= 0.3 is 5.97 Å². The highest BCUT2D eigenvalue weighted by Gasteiger charge is 2.15. The minimum absolute atomic E-state index is 0.286. The summed E-state index contributed by atoms with van der Waals surface area (Å²) in [6.07, 6.45) is 0. The van der Waals surface area contributed by atoms with E-state index in [1.165, 1.54) is 11.8 Å². The van der Waals surface area contributed by atoms with Gasteiger partial charge in [0, 0.05) is 5.69 Å². The van der Waals surface area contributed by atoms with Crippen LogP contribution in [-0.2, 0) is 0 Å². The van der Waals surface area contributed by atoms with Gasteiger partial charge in [-0.2, -0.15) is 0 Å². The topological polar surface area (TPSA) is 50.2 Å². The maximum atomic E-state index is 11.1. The summed E-state index contributed by atoms with van der Waals surface area (Å²) in [4.78, 5) is 15.3. The van der Waals surface area contributed by atoms with Crippen LogP contribution >= 0.6 is 11.8 Å². The smallest absolute Gasteiger partial charge is 0.338 e. The molecule has 0 fully saturated rings. The number of carboxylic acid groups (broad SMARTS) is 1. The van der Waals surface area contributed by atoms with Crippen molar-refractivity contribution in [3.8, 4) is 11.8 Å². The molecular formula is C12H13NO2S. The Morgan fingerprint density at radius 1 is 1.56 bits per heavy atom. The van der Waals surface area contributed by atoms with Gasteiger partial charge < -0.3 is 5.11 Å². The van der Waals surface area contributed by atoms with Crippen molar-refractivity contribution < 1.29 is 9.90 Å². The minimum Gasteiger partial charge on any atom is -0.478 e. The van der Waals surface area contributed by atoms with E-state index < -0.39 is 5.97 Å². The van der Waals surface area contributed by atoms with Crippen molar-refractivity contribution in [2.75, 3.05) is 5.75 Å². The van der Waals surface area contributed by atoms with Crippen LogP contribution in [0.3, 0.4) is 0 Å². The normalized spacial score (nSPS) is 9.44. The van der Waals surface area contributed by atoms with E-state index in [0.29, 0.717) is 10.8 Å². The van der Waals surface area contributed by atoms with Gasteiger partial charge in [-0.25, -0.2) is 9.78 Å². The van der Waals surface area contributed by atoms with Crippen LogP contribution in [0.25, 0.3) is 0 Å². The van der Waals surface area contributed by atoms with E-state index in [9.17, 15) is 4.79 Å². The van der Waals surface area contributed by atoms with Gasteiger partial charge in [-0.1, -0.05) is 17.7 Å². The minimum atomic E-state index is -0.933. The predicted molar refractivity (Wildman–Crippen MR) is 64.8 cm³/mol. The monoisotopic (exact) mass is 235 g/mol. The van der Waals surface area contributed by atoms with Crippen LogP contribution in [0.4, 0.5) is 0 Å². The van der Waals surface area contributed by atoms with Crippen LogP contribution in [-0.4, -0.2) is 21.8 Å². The number of thioether (sulfide) groups is 1. The first-order valence-electron chi connectivity index (χ1n) is 4.80. The lowest BCUT2D eigenvalue weighted by molar-refractivity contribution is 0.0691. The lowest BCUT2D eigenvalue weighted by atomic mass is 10.1. The molecule has 84 valence electrons. The molecule has 0 saturated heterocycles. The molecule has 0 radical (unpaired) electrons. The summed E-state index contributed by atoms with van der Waals surface area (Å²) in [6, 6.07) is 1.78. The number of aryl methyl sites for hydroxylation is 2. The van der Waals surface area contributed by atoms with Gasteiger partial charge in [0.1, 0.15) is 5.03 Å². The number of nitrogens with zero attached hydrogens (tertiary/aromatic N) is 1. The van der Waals surface area contributed by atoms with Gasteiger partial charge in [0.15, 0.2) is 0 Å². The summed E-state index contributed by atoms with van der Waals surface area (Å²) >= 11 is 1.36. The van der Waals surface area contributed by atoms with Crippen LogP contribution in [0.1, 0.15) is 28.5 Å². The summed E-state index contributed by atoms with van der Waals surface area (Å²) in [5.74, 6) is 5.28. The summed E-state index contributed by atoms with van der Waals surface area (Å²) < 4.78 is 0. The molecule has 1 rings (SSSR count). The molecule has 3 nitrogen and oxygen atoms in total. The fourth-order valence-corrected chi connectivity index (χ4v) is 2.30. The molecule has 1 aromatic rings. The largest absolute Gasteiger partial charge is 0.478 e. The molecule has 0 spiro atoms. The Morgan fingerprint density at radius 2 is 2.25 bits per heavy atom. The van der Waals surface area contributed by atoms with Crippen LogP contribution in [0.15, 0.2) is 11.1 Å². The lowest BCUT2D eigenvalue weighted by Gasteiger charge is -2.07. The van der Waals surface area contributed by atoms with Gasteiger partial charge in [-0.15, -0.1) is 5.92 Å². The van der Waals surface area contributed by atoms with Crippen molar-refractivity contribution in [3.05, 3.63) is 22.9 Å². The number of hydrogen-bond acceptors (Lipinski definition) is 3. The van der Waals surface area contributed by atoms with Crippen molar-refractivity contribution in [2.24, 2.45) is 0 Å². The average molecular weight is 235 g/mol. The average Bonchev–Trinajstić information content (AvgIpc) is 2.16. The number of carboxylic acids is 1. The standard InChI is InChI=1S/C12H13NO2S/c1-4-5-6-16-11-10(12(14)15)8(2)7-9(3)13-11/h7H,6H2,1-3H3,(H,14,15). The molecule has 1 aromatic heterocycles.